The normalized spacial score (nSPS) is 13.7. The summed E-state index contributed by atoms with van der Waals surface area (Å²) in [5.74, 6) is 3.75. The zero-order chi connectivity index (χ0) is 43.8. The van der Waals surface area contributed by atoms with Crippen molar-refractivity contribution < 1.29 is 24.0 Å². The van der Waals surface area contributed by atoms with Crippen molar-refractivity contribution >= 4 is 106 Å². The second-order valence-corrected chi connectivity index (χ2v) is 17.2. The summed E-state index contributed by atoms with van der Waals surface area (Å²) >= 11 is 11.9. The molecule has 8 aromatic rings. The molecule has 10 rings (SSSR count). The predicted molar refractivity (Wildman–Crippen MR) is 286 cm³/mol. The molecule has 2 N–H and O–H groups in total. The fraction of sp³-hybridized carbons (Fsp3) is 0.280. The standard InChI is InChI=1S/2C25H25ClN4O2.4ClH.H2O/c2*1-29-11-13-30(14-12-29)23-4-2-3-19-7-10-21(16-22(19)23)31-17-25-27-24(28-32-25)15-18-5-8-20(26)9-6-18;;;;;/h2*2-10,16H,11-15,17H2,1H3;4*1H;1H2. The lowest BCUT2D eigenvalue weighted by Gasteiger charge is -2.34. The molecule has 2 aliphatic rings. The number of hydrogen-bond acceptors (Lipinski definition) is 12. The van der Waals surface area contributed by atoms with Gasteiger partial charge in [-0.2, -0.15) is 9.97 Å². The smallest absolute Gasteiger partial charge is 0.264 e. The molecular weight excluding hydrogens is 1010 g/mol. The van der Waals surface area contributed by atoms with Crippen molar-refractivity contribution in [2.45, 2.75) is 26.1 Å². The van der Waals surface area contributed by atoms with E-state index in [1.807, 2.05) is 60.7 Å². The van der Waals surface area contributed by atoms with Gasteiger partial charge in [-0.1, -0.05) is 94.2 Å². The van der Waals surface area contributed by atoms with Crippen molar-refractivity contribution in [1.82, 2.24) is 30.1 Å². The van der Waals surface area contributed by atoms with Gasteiger partial charge >= 0.3 is 0 Å². The lowest BCUT2D eigenvalue weighted by molar-refractivity contribution is 0.242. The number of nitrogens with zero attached hydrogens (tertiary/aromatic N) is 8. The number of piperazine rings is 2. The number of benzene rings is 6. The first-order chi connectivity index (χ1) is 31.3. The SMILES string of the molecule is CN1CCN(c2cccc3ccc(OCc4nc(Cc5ccc(Cl)cc5)no4)cc23)CC1.CN1CCN(c2cccc3ccc(OCc4nc(Cc5ccc(Cl)cc5)no4)cc23)CC1.Cl.Cl.Cl.Cl.O. The maximum Gasteiger partial charge on any atom is 0.264 e. The Labute approximate surface area is 437 Å². The van der Waals surface area contributed by atoms with Gasteiger partial charge in [0.2, 0.25) is 0 Å². The lowest BCUT2D eigenvalue weighted by atomic mass is 10.1. The number of rotatable bonds is 12. The minimum atomic E-state index is 0. The van der Waals surface area contributed by atoms with Crippen molar-refractivity contribution in [3.63, 3.8) is 0 Å². The Morgan fingerprint density at radius 1 is 0.493 bits per heavy atom. The van der Waals surface area contributed by atoms with Crippen LogP contribution in [0, 0.1) is 0 Å². The molecule has 0 radical (unpaired) electrons. The average Bonchev–Trinajstić information content (AvgIpc) is 3.98. The van der Waals surface area contributed by atoms with E-state index in [0.29, 0.717) is 46.3 Å². The quantitative estimate of drug-likeness (QED) is 0.115. The van der Waals surface area contributed by atoms with Gasteiger partial charge in [-0.25, -0.2) is 0 Å². The van der Waals surface area contributed by atoms with Gasteiger partial charge in [0.25, 0.3) is 11.8 Å². The third kappa shape index (κ3) is 15.0. The Balaban J connectivity index is 0.000000280. The molecule has 2 aromatic heterocycles. The minimum absolute atomic E-state index is 0. The summed E-state index contributed by atoms with van der Waals surface area (Å²) in [5.41, 5.74) is 4.66. The number of hydrogen-bond donors (Lipinski definition) is 0. The molecule has 2 fully saturated rings. The van der Waals surface area contributed by atoms with Crippen LogP contribution in [0.5, 0.6) is 11.5 Å². The highest BCUT2D eigenvalue weighted by Gasteiger charge is 2.19. The molecule has 2 saturated heterocycles. The zero-order valence-corrected chi connectivity index (χ0v) is 42.9. The van der Waals surface area contributed by atoms with Crippen LogP contribution in [0.1, 0.15) is 34.6 Å². The Kier molecular flexibility index (Phi) is 21.9. The van der Waals surface area contributed by atoms with Crippen LogP contribution in [0.3, 0.4) is 0 Å². The van der Waals surface area contributed by atoms with E-state index < -0.39 is 0 Å². The van der Waals surface area contributed by atoms with Gasteiger partial charge in [-0.3, -0.25) is 0 Å². The van der Waals surface area contributed by atoms with Crippen LogP contribution in [0.4, 0.5) is 11.4 Å². The molecule has 0 spiro atoms. The highest BCUT2D eigenvalue weighted by molar-refractivity contribution is 6.30. The van der Waals surface area contributed by atoms with Gasteiger partial charge in [0, 0.05) is 97.4 Å². The monoisotopic (exact) mass is 1060 g/mol. The summed E-state index contributed by atoms with van der Waals surface area (Å²) in [4.78, 5) is 18.5. The van der Waals surface area contributed by atoms with E-state index in [9.17, 15) is 0 Å². The van der Waals surface area contributed by atoms with Gasteiger partial charge < -0.3 is 43.6 Å². The summed E-state index contributed by atoms with van der Waals surface area (Å²) in [6.45, 7) is 8.86. The first kappa shape index (κ1) is 56.5. The van der Waals surface area contributed by atoms with Crippen molar-refractivity contribution in [1.29, 1.82) is 0 Å². The highest BCUT2D eigenvalue weighted by Crippen LogP contribution is 2.33. The average molecular weight is 1060 g/mol. The molecule has 0 aliphatic carbocycles. The lowest BCUT2D eigenvalue weighted by Crippen LogP contribution is -2.44. The van der Waals surface area contributed by atoms with Crippen LogP contribution in [-0.2, 0) is 26.1 Å². The number of fused-ring (bicyclic) bond motifs is 2. The van der Waals surface area contributed by atoms with Crippen LogP contribution in [-0.4, -0.2) is 102 Å². The molecule has 368 valence electrons. The summed E-state index contributed by atoms with van der Waals surface area (Å²) < 4.78 is 22.7. The van der Waals surface area contributed by atoms with E-state index in [2.05, 4.69) is 115 Å². The summed E-state index contributed by atoms with van der Waals surface area (Å²) in [6.07, 6.45) is 1.18. The number of likely N-dealkylation sites (N-methyl/N-ethyl adjacent to an activating group) is 2. The van der Waals surface area contributed by atoms with Crippen molar-refractivity contribution in [2.75, 3.05) is 76.3 Å². The van der Waals surface area contributed by atoms with Gasteiger partial charge in [-0.05, 0) is 96.7 Å². The fourth-order valence-corrected chi connectivity index (χ4v) is 8.25. The molecule has 69 heavy (non-hydrogen) atoms. The maximum absolute atomic E-state index is 6.00. The third-order valence-corrected chi connectivity index (χ3v) is 12.1. The second-order valence-electron chi connectivity index (χ2n) is 16.3. The second kappa shape index (κ2) is 26.8. The highest BCUT2D eigenvalue weighted by atomic mass is 35.5. The molecule has 4 heterocycles. The van der Waals surface area contributed by atoms with Crippen LogP contribution in [0.2, 0.25) is 10.0 Å². The maximum atomic E-state index is 6.00. The molecule has 19 heteroatoms. The van der Waals surface area contributed by atoms with Crippen molar-refractivity contribution in [2.24, 2.45) is 0 Å². The van der Waals surface area contributed by atoms with E-state index in [1.165, 1.54) is 32.9 Å². The van der Waals surface area contributed by atoms with Crippen molar-refractivity contribution in [3.05, 3.63) is 166 Å². The van der Waals surface area contributed by atoms with Crippen LogP contribution in [0.15, 0.2) is 130 Å². The Morgan fingerprint density at radius 2 is 0.870 bits per heavy atom. The molecular formula is C50H56Cl6N8O5. The van der Waals surface area contributed by atoms with Gasteiger partial charge in [0.15, 0.2) is 24.9 Å². The number of halogens is 6. The number of anilines is 2. The van der Waals surface area contributed by atoms with Crippen LogP contribution < -0.4 is 19.3 Å². The Morgan fingerprint density at radius 3 is 1.25 bits per heavy atom. The van der Waals surface area contributed by atoms with Gasteiger partial charge in [-0.15, -0.1) is 49.6 Å². The van der Waals surface area contributed by atoms with Gasteiger partial charge in [0.05, 0.1) is 0 Å². The van der Waals surface area contributed by atoms with Crippen LogP contribution in [0.25, 0.3) is 21.5 Å². The molecule has 6 aromatic carbocycles. The molecule has 2 aliphatic heterocycles. The minimum Gasteiger partial charge on any atom is -0.484 e. The van der Waals surface area contributed by atoms with Crippen LogP contribution >= 0.6 is 72.8 Å². The largest absolute Gasteiger partial charge is 0.484 e. The fourth-order valence-electron chi connectivity index (χ4n) is 8.00. The molecule has 0 bridgehead atoms. The summed E-state index contributed by atoms with van der Waals surface area (Å²) in [6, 6.07) is 40.6. The van der Waals surface area contributed by atoms with E-state index >= 15 is 0 Å². The topological polar surface area (TPSA) is 141 Å². The molecule has 13 nitrogen and oxygen atoms in total. The van der Waals surface area contributed by atoms with E-state index in [0.717, 1.165) is 75.0 Å². The van der Waals surface area contributed by atoms with E-state index in [-0.39, 0.29) is 68.3 Å². The Hall–Kier alpha value is -5.06. The van der Waals surface area contributed by atoms with E-state index in [4.69, 9.17) is 41.7 Å². The molecule has 0 amide bonds. The van der Waals surface area contributed by atoms with E-state index in [1.54, 1.807) is 0 Å². The zero-order valence-electron chi connectivity index (χ0n) is 38.1. The number of aromatic nitrogens is 4. The first-order valence-corrected chi connectivity index (χ1v) is 22.3. The summed E-state index contributed by atoms with van der Waals surface area (Å²) in [7, 11) is 4.34. The molecule has 0 unspecified atom stereocenters. The summed E-state index contributed by atoms with van der Waals surface area (Å²) in [5, 5.41) is 14.4. The molecule has 0 atom stereocenters. The first-order valence-electron chi connectivity index (χ1n) is 21.6. The third-order valence-electron chi connectivity index (χ3n) is 11.6. The van der Waals surface area contributed by atoms with Gasteiger partial charge in [0.1, 0.15) is 11.5 Å². The number of ether oxygens (including phenoxy) is 2. The molecule has 0 saturated carbocycles. The predicted octanol–water partition coefficient (Wildman–Crippen LogP) is 10.5. The van der Waals surface area contributed by atoms with Crippen molar-refractivity contribution in [3.8, 4) is 11.5 Å². The Bertz CT molecular complexity index is 2610.